The summed E-state index contributed by atoms with van der Waals surface area (Å²) in [4.78, 5) is 35.2. The number of hydrogen-bond acceptors (Lipinski definition) is 9. The van der Waals surface area contributed by atoms with Crippen LogP contribution in [0.5, 0.6) is 0 Å². The van der Waals surface area contributed by atoms with E-state index in [1.165, 1.54) is 19.2 Å². The fourth-order valence-electron chi connectivity index (χ4n) is 4.24. The third-order valence-electron chi connectivity index (χ3n) is 6.50. The number of benzene rings is 3. The molecule has 214 valence electrons. The molecular weight excluding hydrogens is 530 g/mol. The Morgan fingerprint density at radius 3 is 2.32 bits per heavy atom. The Labute approximate surface area is 236 Å². The lowest BCUT2D eigenvalue weighted by molar-refractivity contribution is -0.384. The second-order valence-electron chi connectivity index (χ2n) is 9.31. The summed E-state index contributed by atoms with van der Waals surface area (Å²) < 4.78 is 16.7. The molecule has 0 aliphatic carbocycles. The summed E-state index contributed by atoms with van der Waals surface area (Å²) >= 11 is 0. The highest BCUT2D eigenvalue weighted by molar-refractivity contribution is 5.92. The van der Waals surface area contributed by atoms with Crippen molar-refractivity contribution in [1.29, 1.82) is 0 Å². The fourth-order valence-corrected chi connectivity index (χ4v) is 4.24. The van der Waals surface area contributed by atoms with Crippen LogP contribution >= 0.6 is 0 Å². The van der Waals surface area contributed by atoms with Crippen molar-refractivity contribution in [1.82, 2.24) is 5.32 Å². The molecule has 3 aromatic rings. The number of hydrogen-bond donors (Lipinski definition) is 3. The van der Waals surface area contributed by atoms with Gasteiger partial charge in [0.25, 0.3) is 11.6 Å². The summed E-state index contributed by atoms with van der Waals surface area (Å²) in [5.74, 6) is -0.937. The monoisotopic (exact) mass is 561 g/mol. The molecule has 1 aliphatic heterocycles. The number of nitro groups is 1. The number of aliphatic hydroxyl groups is 1. The van der Waals surface area contributed by atoms with Crippen molar-refractivity contribution in [2.75, 3.05) is 25.5 Å². The number of methoxy groups -OCH3 is 1. The van der Waals surface area contributed by atoms with Crippen molar-refractivity contribution in [3.8, 4) is 0 Å². The van der Waals surface area contributed by atoms with Crippen molar-refractivity contribution in [2.24, 2.45) is 0 Å². The molecule has 0 saturated heterocycles. The van der Waals surface area contributed by atoms with Crippen LogP contribution in [0.3, 0.4) is 0 Å². The van der Waals surface area contributed by atoms with Crippen LogP contribution in [-0.4, -0.2) is 48.4 Å². The van der Waals surface area contributed by atoms with Crippen LogP contribution in [-0.2, 0) is 32.2 Å². The second kappa shape index (κ2) is 14.1. The molecule has 2 atom stereocenters. The number of allylic oxidation sites excluding steroid dienone is 1. The highest BCUT2D eigenvalue weighted by atomic mass is 16.7. The quantitative estimate of drug-likeness (QED) is 0.129. The van der Waals surface area contributed by atoms with Gasteiger partial charge in [0.2, 0.25) is 6.29 Å². The number of aliphatic hydroxyl groups excluding tert-OH is 1. The van der Waals surface area contributed by atoms with Gasteiger partial charge in [0.1, 0.15) is 0 Å². The summed E-state index contributed by atoms with van der Waals surface area (Å²) in [5.41, 5.74) is 3.68. The van der Waals surface area contributed by atoms with Gasteiger partial charge in [-0.1, -0.05) is 36.4 Å². The van der Waals surface area contributed by atoms with Crippen LogP contribution in [0, 0.1) is 10.1 Å². The van der Waals surface area contributed by atoms with E-state index < -0.39 is 23.1 Å². The molecule has 0 bridgehead atoms. The molecule has 11 nitrogen and oxygen atoms in total. The van der Waals surface area contributed by atoms with E-state index in [0.717, 1.165) is 16.7 Å². The Hall–Kier alpha value is -4.74. The Kier molecular flexibility index (Phi) is 10.0. The molecule has 0 spiro atoms. The molecule has 0 fully saturated rings. The van der Waals surface area contributed by atoms with Crippen molar-refractivity contribution < 1.29 is 33.8 Å². The van der Waals surface area contributed by atoms with Gasteiger partial charge in [-0.25, -0.2) is 4.79 Å². The predicted octanol–water partition coefficient (Wildman–Crippen LogP) is 4.03. The molecule has 0 saturated carbocycles. The first kappa shape index (κ1) is 29.2. The second-order valence-corrected chi connectivity index (χ2v) is 9.31. The molecule has 3 aromatic carbocycles. The molecule has 0 radical (unpaired) electrons. The smallest absolute Gasteiger partial charge is 0.337 e. The van der Waals surface area contributed by atoms with E-state index in [-0.39, 0.29) is 37.1 Å². The zero-order valence-electron chi connectivity index (χ0n) is 22.4. The SMILES string of the molecule is COC(=O)c1ccc([C@H]2C=C(C(=O)NCCNc3ccc([N+](=O)[O-])cc3)O[C@@H](OCc3ccc(CO)cc3)C2)cc1. The number of amides is 1. The molecule has 1 heterocycles. The number of rotatable bonds is 12. The molecule has 4 rings (SSSR count). The number of anilines is 1. The molecule has 11 heteroatoms. The number of esters is 1. The van der Waals surface area contributed by atoms with Gasteiger partial charge >= 0.3 is 5.97 Å². The maximum atomic E-state index is 13.0. The van der Waals surface area contributed by atoms with Gasteiger partial charge in [-0.2, -0.15) is 0 Å². The number of nitrogens with one attached hydrogen (secondary N) is 2. The van der Waals surface area contributed by atoms with Crippen LogP contribution in [0.4, 0.5) is 11.4 Å². The summed E-state index contributed by atoms with van der Waals surface area (Å²) in [6.07, 6.45) is 1.48. The Bertz CT molecular complexity index is 1370. The average molecular weight is 562 g/mol. The molecular formula is C30H31N3O8. The van der Waals surface area contributed by atoms with Gasteiger partial charge < -0.3 is 30.0 Å². The third kappa shape index (κ3) is 8.13. The van der Waals surface area contributed by atoms with Gasteiger partial charge in [-0.3, -0.25) is 14.9 Å². The lowest BCUT2D eigenvalue weighted by Gasteiger charge is -2.29. The number of ether oxygens (including phenoxy) is 3. The predicted molar refractivity (Wildman–Crippen MR) is 150 cm³/mol. The van der Waals surface area contributed by atoms with Gasteiger partial charge in [-0.05, 0) is 47.0 Å². The Morgan fingerprint density at radius 2 is 1.68 bits per heavy atom. The summed E-state index contributed by atoms with van der Waals surface area (Å²) in [7, 11) is 1.32. The first-order chi connectivity index (χ1) is 19.9. The highest BCUT2D eigenvalue weighted by Crippen LogP contribution is 2.32. The molecule has 1 aliphatic rings. The van der Waals surface area contributed by atoms with Crippen LogP contribution in [0.1, 0.15) is 39.4 Å². The van der Waals surface area contributed by atoms with E-state index in [0.29, 0.717) is 24.2 Å². The maximum absolute atomic E-state index is 13.0. The fraction of sp³-hybridized carbons (Fsp3) is 0.267. The van der Waals surface area contributed by atoms with E-state index >= 15 is 0 Å². The van der Waals surface area contributed by atoms with Crippen molar-refractivity contribution in [3.63, 3.8) is 0 Å². The lowest BCUT2D eigenvalue weighted by Crippen LogP contribution is -2.35. The van der Waals surface area contributed by atoms with Gasteiger partial charge in [0.15, 0.2) is 5.76 Å². The minimum absolute atomic E-state index is 0.00123. The van der Waals surface area contributed by atoms with Gasteiger partial charge in [-0.15, -0.1) is 0 Å². The largest absolute Gasteiger partial charge is 0.465 e. The topological polar surface area (TPSA) is 149 Å². The Balaban J connectivity index is 1.40. The third-order valence-corrected chi connectivity index (χ3v) is 6.50. The van der Waals surface area contributed by atoms with E-state index in [9.17, 15) is 24.8 Å². The van der Waals surface area contributed by atoms with Crippen LogP contribution < -0.4 is 10.6 Å². The number of carbonyl (C=O) groups is 2. The van der Waals surface area contributed by atoms with Crippen molar-refractivity contribution in [3.05, 3.63) is 117 Å². The van der Waals surface area contributed by atoms with E-state index in [2.05, 4.69) is 10.6 Å². The first-order valence-electron chi connectivity index (χ1n) is 13.0. The summed E-state index contributed by atoms with van der Waals surface area (Å²) in [5, 5.41) is 26.0. The first-order valence-corrected chi connectivity index (χ1v) is 13.0. The maximum Gasteiger partial charge on any atom is 0.337 e. The van der Waals surface area contributed by atoms with E-state index in [1.807, 2.05) is 36.4 Å². The molecule has 0 unspecified atom stereocenters. The zero-order chi connectivity index (χ0) is 29.2. The van der Waals surface area contributed by atoms with Crippen LogP contribution in [0.15, 0.2) is 84.6 Å². The normalized spacial score (nSPS) is 16.2. The molecule has 41 heavy (non-hydrogen) atoms. The van der Waals surface area contributed by atoms with Crippen molar-refractivity contribution >= 4 is 23.3 Å². The molecule has 3 N–H and O–H groups in total. The van der Waals surface area contributed by atoms with Crippen LogP contribution in [0.2, 0.25) is 0 Å². The number of carbonyl (C=O) groups excluding carboxylic acids is 2. The standard InChI is InChI=1S/C30H31N3O8/c1-39-30(36)23-8-6-22(7-9-23)24-16-27(41-28(17-24)40-19-21-4-2-20(18-34)3-5-21)29(35)32-15-14-31-25-10-12-26(13-11-25)33(37)38/h2-13,16,24,28,31,34H,14-15,17-19H2,1H3,(H,32,35)/t24-,28+/m0/s1. The van der Waals surface area contributed by atoms with Crippen molar-refractivity contribution in [2.45, 2.75) is 31.8 Å². The summed E-state index contributed by atoms with van der Waals surface area (Å²) in [6, 6.07) is 20.3. The number of nitro benzene ring substituents is 1. The van der Waals surface area contributed by atoms with Gasteiger partial charge in [0, 0.05) is 43.2 Å². The zero-order valence-corrected chi connectivity index (χ0v) is 22.4. The average Bonchev–Trinajstić information content (AvgIpc) is 3.02. The molecule has 1 amide bonds. The highest BCUT2D eigenvalue weighted by Gasteiger charge is 2.29. The van der Waals surface area contributed by atoms with Crippen LogP contribution in [0.25, 0.3) is 0 Å². The number of nitrogens with zero attached hydrogens (tertiary/aromatic N) is 1. The summed E-state index contributed by atoms with van der Waals surface area (Å²) in [6.45, 7) is 0.866. The Morgan fingerprint density at radius 1 is 1.00 bits per heavy atom. The van der Waals surface area contributed by atoms with E-state index in [1.54, 1.807) is 30.3 Å². The minimum Gasteiger partial charge on any atom is -0.465 e. The number of non-ortho nitro benzene ring substituents is 1. The van der Waals surface area contributed by atoms with E-state index in [4.69, 9.17) is 14.2 Å². The van der Waals surface area contributed by atoms with Gasteiger partial charge in [0.05, 0.1) is 30.8 Å². The lowest BCUT2D eigenvalue weighted by atomic mass is 9.92. The minimum atomic E-state index is -0.707. The molecule has 0 aromatic heterocycles.